The van der Waals surface area contributed by atoms with Crippen molar-refractivity contribution in [1.29, 1.82) is 0 Å². The second kappa shape index (κ2) is 5.04. The minimum atomic E-state index is -0.869. The Morgan fingerprint density at radius 3 is 2.54 bits per heavy atom. The third kappa shape index (κ3) is 2.86. The van der Waals surface area contributed by atoms with Crippen molar-refractivity contribution in [3.05, 3.63) is 0 Å². The normalized spacial score (nSPS) is 21.0. The fourth-order valence-electron chi connectivity index (χ4n) is 1.34. The van der Waals surface area contributed by atoms with Crippen LogP contribution in [0.2, 0.25) is 0 Å². The van der Waals surface area contributed by atoms with Gasteiger partial charge in [-0.05, 0) is 13.5 Å². The number of hydrogen-bond donors (Lipinski definition) is 2. The highest BCUT2D eigenvalue weighted by Crippen LogP contribution is 2.07. The number of nitrogens with one attached hydrogen (secondary N) is 1. The summed E-state index contributed by atoms with van der Waals surface area (Å²) in [6, 6.07) is 0.299. The Bertz CT molecular complexity index is 210. The van der Waals surface area contributed by atoms with Gasteiger partial charge in [0, 0.05) is 19.1 Å². The molecule has 1 fully saturated rings. The van der Waals surface area contributed by atoms with Gasteiger partial charge in [-0.2, -0.15) is 0 Å². The lowest BCUT2D eigenvalue weighted by atomic mass is 10.3. The van der Waals surface area contributed by atoms with Crippen LogP contribution in [-0.4, -0.2) is 42.9 Å². The maximum Gasteiger partial charge on any atom is 0.311 e. The number of likely N-dealkylation sites (N-methyl/N-ethyl adjacent to an activating group) is 1. The smallest absolute Gasteiger partial charge is 0.311 e. The van der Waals surface area contributed by atoms with Crippen LogP contribution >= 0.6 is 12.4 Å². The van der Waals surface area contributed by atoms with E-state index < -0.39 is 11.8 Å². The Balaban J connectivity index is 0.00000144. The van der Waals surface area contributed by atoms with Crippen molar-refractivity contribution in [2.24, 2.45) is 5.73 Å². The molecule has 1 atom stereocenters. The zero-order chi connectivity index (χ0) is 9.14. The minimum absolute atomic E-state index is 0. The standard InChI is InChI=1S/C7H13N3O2.ClH/c1-9-5-2-3-10(4-5)7(12)6(8)11;/h5,9H,2-4H2,1H3,(H2,8,11);1H/t5-;/m0./s1. The molecule has 0 aromatic rings. The molecular formula is C7H14ClN3O2. The molecule has 2 amide bonds. The van der Waals surface area contributed by atoms with Gasteiger partial charge in [-0.1, -0.05) is 0 Å². The Hall–Kier alpha value is -0.810. The molecule has 0 spiro atoms. The number of likely N-dealkylation sites (tertiary alicyclic amines) is 1. The van der Waals surface area contributed by atoms with E-state index in [2.05, 4.69) is 5.32 Å². The molecule has 6 heteroatoms. The van der Waals surface area contributed by atoms with E-state index in [0.29, 0.717) is 19.1 Å². The van der Waals surface area contributed by atoms with Crippen LogP contribution in [0.4, 0.5) is 0 Å². The van der Waals surface area contributed by atoms with Crippen LogP contribution in [0.5, 0.6) is 0 Å². The van der Waals surface area contributed by atoms with Gasteiger partial charge in [0.15, 0.2) is 0 Å². The number of nitrogens with zero attached hydrogens (tertiary/aromatic N) is 1. The zero-order valence-electron chi connectivity index (χ0n) is 7.45. The average Bonchev–Trinajstić information content (AvgIpc) is 2.50. The predicted octanol–water partition coefficient (Wildman–Crippen LogP) is -1.29. The number of rotatable bonds is 1. The second-order valence-electron chi connectivity index (χ2n) is 2.89. The van der Waals surface area contributed by atoms with Crippen molar-refractivity contribution in [3.63, 3.8) is 0 Å². The van der Waals surface area contributed by atoms with Gasteiger partial charge in [0.2, 0.25) is 0 Å². The van der Waals surface area contributed by atoms with Crippen molar-refractivity contribution in [1.82, 2.24) is 10.2 Å². The SMILES string of the molecule is CN[C@H]1CCN(C(=O)C(N)=O)C1.Cl. The van der Waals surface area contributed by atoms with Crippen LogP contribution < -0.4 is 11.1 Å². The highest BCUT2D eigenvalue weighted by atomic mass is 35.5. The molecule has 1 rings (SSSR count). The molecule has 0 saturated carbocycles. The van der Waals surface area contributed by atoms with Gasteiger partial charge in [-0.3, -0.25) is 9.59 Å². The number of halogens is 1. The van der Waals surface area contributed by atoms with E-state index in [1.165, 1.54) is 4.90 Å². The van der Waals surface area contributed by atoms with Crippen molar-refractivity contribution in [2.75, 3.05) is 20.1 Å². The molecule has 1 saturated heterocycles. The van der Waals surface area contributed by atoms with E-state index in [1.807, 2.05) is 7.05 Å². The first-order chi connectivity index (χ1) is 5.65. The maximum absolute atomic E-state index is 11.0. The van der Waals surface area contributed by atoms with Crippen molar-refractivity contribution in [3.8, 4) is 0 Å². The van der Waals surface area contributed by atoms with E-state index in [1.54, 1.807) is 0 Å². The van der Waals surface area contributed by atoms with Gasteiger partial charge in [0.05, 0.1) is 0 Å². The first kappa shape index (κ1) is 12.2. The predicted molar refractivity (Wildman–Crippen MR) is 50.5 cm³/mol. The van der Waals surface area contributed by atoms with Crippen LogP contribution in [0.25, 0.3) is 0 Å². The van der Waals surface area contributed by atoms with Crippen LogP contribution in [-0.2, 0) is 9.59 Å². The molecule has 0 bridgehead atoms. The zero-order valence-corrected chi connectivity index (χ0v) is 8.26. The summed E-state index contributed by atoms with van der Waals surface area (Å²) >= 11 is 0. The number of primary amides is 1. The van der Waals surface area contributed by atoms with Crippen LogP contribution in [0.1, 0.15) is 6.42 Å². The first-order valence-electron chi connectivity index (χ1n) is 3.91. The molecule has 1 aliphatic rings. The van der Waals surface area contributed by atoms with E-state index in [0.717, 1.165) is 6.42 Å². The first-order valence-corrected chi connectivity index (χ1v) is 3.91. The van der Waals surface area contributed by atoms with Gasteiger partial charge >= 0.3 is 11.8 Å². The van der Waals surface area contributed by atoms with Gasteiger partial charge in [0.25, 0.3) is 0 Å². The number of amides is 2. The van der Waals surface area contributed by atoms with E-state index in [-0.39, 0.29) is 12.4 Å². The summed E-state index contributed by atoms with van der Waals surface area (Å²) in [5, 5.41) is 3.04. The monoisotopic (exact) mass is 207 g/mol. The number of hydrogen-bond acceptors (Lipinski definition) is 3. The van der Waals surface area contributed by atoms with Crippen molar-refractivity contribution in [2.45, 2.75) is 12.5 Å². The van der Waals surface area contributed by atoms with E-state index in [9.17, 15) is 9.59 Å². The summed E-state index contributed by atoms with van der Waals surface area (Å²) in [7, 11) is 1.84. The molecule has 0 aromatic heterocycles. The molecule has 1 aliphatic heterocycles. The number of nitrogens with two attached hydrogens (primary N) is 1. The molecule has 3 N–H and O–H groups in total. The molecule has 0 unspecified atom stereocenters. The van der Waals surface area contributed by atoms with Crippen LogP contribution in [0.15, 0.2) is 0 Å². The Morgan fingerprint density at radius 2 is 2.15 bits per heavy atom. The van der Waals surface area contributed by atoms with Crippen LogP contribution in [0.3, 0.4) is 0 Å². The van der Waals surface area contributed by atoms with Gasteiger partial charge in [0.1, 0.15) is 0 Å². The summed E-state index contributed by atoms with van der Waals surface area (Å²) in [6.07, 6.45) is 0.884. The summed E-state index contributed by atoms with van der Waals surface area (Å²) in [4.78, 5) is 23.0. The summed E-state index contributed by atoms with van der Waals surface area (Å²) in [5.74, 6) is -1.44. The fourth-order valence-corrected chi connectivity index (χ4v) is 1.34. The molecular weight excluding hydrogens is 194 g/mol. The minimum Gasteiger partial charge on any atom is -0.361 e. The fraction of sp³-hybridized carbons (Fsp3) is 0.714. The Kier molecular flexibility index (Phi) is 4.72. The number of carbonyl (C=O) groups excluding carboxylic acids is 2. The summed E-state index contributed by atoms with van der Waals surface area (Å²) in [5.41, 5.74) is 4.85. The molecule has 0 radical (unpaired) electrons. The van der Waals surface area contributed by atoms with Gasteiger partial charge in [-0.25, -0.2) is 0 Å². The third-order valence-electron chi connectivity index (χ3n) is 2.09. The lowest BCUT2D eigenvalue weighted by Gasteiger charge is -2.13. The van der Waals surface area contributed by atoms with Gasteiger partial charge in [-0.15, -0.1) is 12.4 Å². The second-order valence-corrected chi connectivity index (χ2v) is 2.89. The number of carbonyl (C=O) groups is 2. The molecule has 76 valence electrons. The molecule has 0 aliphatic carbocycles. The molecule has 0 aromatic carbocycles. The summed E-state index contributed by atoms with van der Waals surface area (Å²) < 4.78 is 0. The average molecular weight is 208 g/mol. The highest BCUT2D eigenvalue weighted by molar-refractivity contribution is 6.34. The van der Waals surface area contributed by atoms with Gasteiger partial charge < -0.3 is 16.0 Å². The lowest BCUT2D eigenvalue weighted by Crippen LogP contribution is -2.40. The lowest BCUT2D eigenvalue weighted by molar-refractivity contribution is -0.143. The van der Waals surface area contributed by atoms with Crippen LogP contribution in [0, 0.1) is 0 Å². The van der Waals surface area contributed by atoms with E-state index >= 15 is 0 Å². The molecule has 5 nitrogen and oxygen atoms in total. The third-order valence-corrected chi connectivity index (χ3v) is 2.09. The Morgan fingerprint density at radius 1 is 1.54 bits per heavy atom. The molecule has 13 heavy (non-hydrogen) atoms. The highest BCUT2D eigenvalue weighted by Gasteiger charge is 2.27. The molecule has 1 heterocycles. The van der Waals surface area contributed by atoms with Crippen molar-refractivity contribution < 1.29 is 9.59 Å². The van der Waals surface area contributed by atoms with Crippen molar-refractivity contribution >= 4 is 24.2 Å². The Labute approximate surface area is 83.0 Å². The quantitative estimate of drug-likeness (QED) is 0.526. The summed E-state index contributed by atoms with van der Waals surface area (Å²) in [6.45, 7) is 1.20. The topological polar surface area (TPSA) is 75.4 Å². The maximum atomic E-state index is 11.0. The van der Waals surface area contributed by atoms with E-state index in [4.69, 9.17) is 5.73 Å². The largest absolute Gasteiger partial charge is 0.361 e.